The van der Waals surface area contributed by atoms with E-state index in [9.17, 15) is 10.2 Å². The molecule has 0 spiro atoms. The Morgan fingerprint density at radius 2 is 1.89 bits per heavy atom. The number of hydrogen-bond donors (Lipinski definition) is 3. The van der Waals surface area contributed by atoms with Crippen molar-refractivity contribution in [3.05, 3.63) is 29.8 Å². The SMILES string of the molecule is CCC(CC)COc1cccc([C@H](O)[C@H](O)CN)c1. The predicted octanol–water partition coefficient (Wildman–Crippen LogP) is 1.85. The van der Waals surface area contributed by atoms with Gasteiger partial charge in [0.2, 0.25) is 0 Å². The zero-order valence-electron chi connectivity index (χ0n) is 11.7. The van der Waals surface area contributed by atoms with Gasteiger partial charge in [-0.3, -0.25) is 0 Å². The van der Waals surface area contributed by atoms with Crippen LogP contribution in [0, 0.1) is 5.92 Å². The average molecular weight is 267 g/mol. The van der Waals surface area contributed by atoms with Gasteiger partial charge in [-0.25, -0.2) is 0 Å². The van der Waals surface area contributed by atoms with Crippen LogP contribution in [0.25, 0.3) is 0 Å². The van der Waals surface area contributed by atoms with Crippen LogP contribution in [-0.2, 0) is 0 Å². The van der Waals surface area contributed by atoms with Crippen LogP contribution in [0.3, 0.4) is 0 Å². The minimum Gasteiger partial charge on any atom is -0.493 e. The third-order valence-corrected chi connectivity index (χ3v) is 3.45. The summed E-state index contributed by atoms with van der Waals surface area (Å²) >= 11 is 0. The van der Waals surface area contributed by atoms with E-state index >= 15 is 0 Å². The molecule has 0 amide bonds. The summed E-state index contributed by atoms with van der Waals surface area (Å²) in [7, 11) is 0. The van der Waals surface area contributed by atoms with E-state index in [1.807, 2.05) is 12.1 Å². The van der Waals surface area contributed by atoms with Crippen LogP contribution in [0.5, 0.6) is 5.75 Å². The molecular weight excluding hydrogens is 242 g/mol. The number of rotatable bonds is 8. The first-order valence-corrected chi connectivity index (χ1v) is 6.91. The first-order chi connectivity index (χ1) is 9.12. The zero-order chi connectivity index (χ0) is 14.3. The van der Waals surface area contributed by atoms with Crippen molar-refractivity contribution in [2.45, 2.75) is 38.9 Å². The lowest BCUT2D eigenvalue weighted by molar-refractivity contribution is 0.0242. The Kier molecular flexibility index (Phi) is 6.84. The highest BCUT2D eigenvalue weighted by atomic mass is 16.5. The molecule has 0 aliphatic carbocycles. The predicted molar refractivity (Wildman–Crippen MR) is 76.0 cm³/mol. The molecule has 0 aliphatic rings. The van der Waals surface area contributed by atoms with Crippen molar-refractivity contribution in [3.8, 4) is 5.75 Å². The van der Waals surface area contributed by atoms with E-state index in [2.05, 4.69) is 13.8 Å². The number of benzene rings is 1. The van der Waals surface area contributed by atoms with Gasteiger partial charge in [0.25, 0.3) is 0 Å². The maximum absolute atomic E-state index is 9.90. The molecule has 0 heterocycles. The molecule has 0 unspecified atom stereocenters. The second-order valence-corrected chi connectivity index (χ2v) is 4.81. The van der Waals surface area contributed by atoms with Gasteiger partial charge in [-0.1, -0.05) is 38.8 Å². The second-order valence-electron chi connectivity index (χ2n) is 4.81. The third kappa shape index (κ3) is 4.82. The summed E-state index contributed by atoms with van der Waals surface area (Å²) in [5.74, 6) is 1.26. The topological polar surface area (TPSA) is 75.7 Å². The highest BCUT2D eigenvalue weighted by molar-refractivity contribution is 5.30. The van der Waals surface area contributed by atoms with Crippen LogP contribution >= 0.6 is 0 Å². The molecule has 0 radical (unpaired) electrons. The first kappa shape index (κ1) is 16.0. The van der Waals surface area contributed by atoms with Crippen molar-refractivity contribution < 1.29 is 14.9 Å². The van der Waals surface area contributed by atoms with Crippen LogP contribution in [-0.4, -0.2) is 29.5 Å². The fraction of sp³-hybridized carbons (Fsp3) is 0.600. The van der Waals surface area contributed by atoms with E-state index in [0.29, 0.717) is 23.8 Å². The van der Waals surface area contributed by atoms with Crippen LogP contribution in [0.1, 0.15) is 38.4 Å². The summed E-state index contributed by atoms with van der Waals surface area (Å²) in [5.41, 5.74) is 5.97. The Morgan fingerprint density at radius 1 is 1.21 bits per heavy atom. The average Bonchev–Trinajstić information content (AvgIpc) is 2.47. The molecular formula is C15H25NO3. The molecule has 0 bridgehead atoms. The number of aliphatic hydroxyl groups is 2. The fourth-order valence-electron chi connectivity index (χ4n) is 1.88. The van der Waals surface area contributed by atoms with Crippen LogP contribution in [0.4, 0.5) is 0 Å². The summed E-state index contributed by atoms with van der Waals surface area (Å²) in [5, 5.41) is 19.4. The Hall–Kier alpha value is -1.10. The Morgan fingerprint density at radius 3 is 2.47 bits per heavy atom. The Bertz CT molecular complexity index is 366. The van der Waals surface area contributed by atoms with Crippen molar-refractivity contribution in [3.63, 3.8) is 0 Å². The van der Waals surface area contributed by atoms with Crippen LogP contribution < -0.4 is 10.5 Å². The molecule has 4 heteroatoms. The van der Waals surface area contributed by atoms with E-state index in [0.717, 1.165) is 12.8 Å². The first-order valence-electron chi connectivity index (χ1n) is 6.91. The van der Waals surface area contributed by atoms with E-state index in [1.54, 1.807) is 12.1 Å². The molecule has 4 N–H and O–H groups in total. The van der Waals surface area contributed by atoms with Gasteiger partial charge in [-0.05, 0) is 23.6 Å². The van der Waals surface area contributed by atoms with E-state index in [-0.39, 0.29) is 6.54 Å². The van der Waals surface area contributed by atoms with Crippen LogP contribution in [0.15, 0.2) is 24.3 Å². The summed E-state index contributed by atoms with van der Waals surface area (Å²) in [6.07, 6.45) is 0.256. The monoisotopic (exact) mass is 267 g/mol. The van der Waals surface area contributed by atoms with Gasteiger partial charge >= 0.3 is 0 Å². The van der Waals surface area contributed by atoms with Gasteiger partial charge in [0.1, 0.15) is 11.9 Å². The lowest BCUT2D eigenvalue weighted by Crippen LogP contribution is -2.27. The molecule has 108 valence electrons. The highest BCUT2D eigenvalue weighted by Gasteiger charge is 2.17. The number of aliphatic hydroxyl groups excluding tert-OH is 2. The van der Waals surface area contributed by atoms with Gasteiger partial charge in [-0.15, -0.1) is 0 Å². The highest BCUT2D eigenvalue weighted by Crippen LogP contribution is 2.22. The molecule has 4 nitrogen and oxygen atoms in total. The molecule has 1 aromatic carbocycles. The Labute approximate surface area is 115 Å². The minimum absolute atomic E-state index is 0.0278. The third-order valence-electron chi connectivity index (χ3n) is 3.45. The maximum atomic E-state index is 9.90. The normalized spacial score (nSPS) is 14.4. The summed E-state index contributed by atoms with van der Waals surface area (Å²) < 4.78 is 5.73. The molecule has 1 aromatic rings. The lowest BCUT2D eigenvalue weighted by atomic mass is 10.0. The van der Waals surface area contributed by atoms with E-state index in [4.69, 9.17) is 10.5 Å². The van der Waals surface area contributed by atoms with Gasteiger partial charge in [-0.2, -0.15) is 0 Å². The molecule has 2 atom stereocenters. The van der Waals surface area contributed by atoms with E-state index < -0.39 is 12.2 Å². The smallest absolute Gasteiger partial charge is 0.119 e. The number of ether oxygens (including phenoxy) is 1. The second kappa shape index (κ2) is 8.15. The number of hydrogen-bond acceptors (Lipinski definition) is 4. The molecule has 19 heavy (non-hydrogen) atoms. The van der Waals surface area contributed by atoms with E-state index in [1.165, 1.54) is 0 Å². The molecule has 0 fully saturated rings. The largest absolute Gasteiger partial charge is 0.493 e. The summed E-state index contributed by atoms with van der Waals surface area (Å²) in [6, 6.07) is 7.18. The van der Waals surface area contributed by atoms with Crippen molar-refractivity contribution in [1.29, 1.82) is 0 Å². The van der Waals surface area contributed by atoms with Gasteiger partial charge in [0.05, 0.1) is 12.7 Å². The molecule has 0 aliphatic heterocycles. The molecule has 1 rings (SSSR count). The standard InChI is InChI=1S/C15H25NO3/c1-3-11(4-2)10-19-13-7-5-6-12(8-13)15(18)14(17)9-16/h5-8,11,14-15,17-18H,3-4,9-10,16H2,1-2H3/t14-,15+/m1/s1. The van der Waals surface area contributed by atoms with Gasteiger partial charge in [0.15, 0.2) is 0 Å². The Balaban J connectivity index is 2.66. The fourth-order valence-corrected chi connectivity index (χ4v) is 1.88. The van der Waals surface area contributed by atoms with Crippen molar-refractivity contribution in [2.24, 2.45) is 11.7 Å². The maximum Gasteiger partial charge on any atom is 0.119 e. The molecule has 0 aromatic heterocycles. The van der Waals surface area contributed by atoms with Gasteiger partial charge < -0.3 is 20.7 Å². The number of nitrogens with two attached hydrogens (primary N) is 1. The quantitative estimate of drug-likeness (QED) is 0.672. The molecule has 0 saturated carbocycles. The zero-order valence-corrected chi connectivity index (χ0v) is 11.7. The molecule has 0 saturated heterocycles. The van der Waals surface area contributed by atoms with Crippen LogP contribution in [0.2, 0.25) is 0 Å². The summed E-state index contributed by atoms with van der Waals surface area (Å²) in [4.78, 5) is 0. The van der Waals surface area contributed by atoms with Crippen molar-refractivity contribution >= 4 is 0 Å². The van der Waals surface area contributed by atoms with Crippen molar-refractivity contribution in [1.82, 2.24) is 0 Å². The van der Waals surface area contributed by atoms with Gasteiger partial charge in [0, 0.05) is 6.54 Å². The lowest BCUT2D eigenvalue weighted by Gasteiger charge is -2.18. The summed E-state index contributed by atoms with van der Waals surface area (Å²) in [6.45, 7) is 5.00. The minimum atomic E-state index is -0.971. The van der Waals surface area contributed by atoms with Crippen molar-refractivity contribution in [2.75, 3.05) is 13.2 Å².